The zero-order valence-electron chi connectivity index (χ0n) is 14.0. The van der Waals surface area contributed by atoms with Gasteiger partial charge in [-0.05, 0) is 46.1 Å². The summed E-state index contributed by atoms with van der Waals surface area (Å²) >= 11 is 0. The molecule has 1 N–H and O–H groups in total. The highest BCUT2D eigenvalue weighted by Crippen LogP contribution is 2.37. The molecule has 21 heavy (non-hydrogen) atoms. The molecule has 1 saturated carbocycles. The van der Waals surface area contributed by atoms with E-state index in [1.54, 1.807) is 0 Å². The Labute approximate surface area is 129 Å². The van der Waals surface area contributed by atoms with Gasteiger partial charge in [0.15, 0.2) is 0 Å². The van der Waals surface area contributed by atoms with Gasteiger partial charge in [-0.15, -0.1) is 0 Å². The summed E-state index contributed by atoms with van der Waals surface area (Å²) in [5.74, 6) is 2.13. The van der Waals surface area contributed by atoms with Crippen molar-refractivity contribution in [2.45, 2.75) is 77.4 Å². The highest BCUT2D eigenvalue weighted by molar-refractivity contribution is 5.24. The molecule has 2 unspecified atom stereocenters. The van der Waals surface area contributed by atoms with Gasteiger partial charge >= 0.3 is 0 Å². The van der Waals surface area contributed by atoms with E-state index >= 15 is 0 Å². The Balaban J connectivity index is 1.84. The SMILES string of the molecule is CCC1CNC2(CCCC2)CN1C(C)c1cc(C)oc1C. The second kappa shape index (κ2) is 5.77. The lowest BCUT2D eigenvalue weighted by Gasteiger charge is -2.48. The fourth-order valence-electron chi connectivity index (χ4n) is 4.45. The van der Waals surface area contributed by atoms with Crippen LogP contribution in [0.5, 0.6) is 0 Å². The lowest BCUT2D eigenvalue weighted by molar-refractivity contribution is 0.0457. The van der Waals surface area contributed by atoms with E-state index in [0.29, 0.717) is 17.6 Å². The van der Waals surface area contributed by atoms with Crippen LogP contribution in [0.3, 0.4) is 0 Å². The number of piperazine rings is 1. The van der Waals surface area contributed by atoms with E-state index in [4.69, 9.17) is 4.42 Å². The third kappa shape index (κ3) is 2.78. The third-order valence-corrected chi connectivity index (χ3v) is 5.73. The average Bonchev–Trinajstić information content (AvgIpc) is 3.05. The lowest BCUT2D eigenvalue weighted by atomic mass is 9.89. The molecule has 1 aliphatic carbocycles. The molecule has 1 spiro atoms. The standard InChI is InChI=1S/C18H30N2O/c1-5-16-11-19-18(8-6-7-9-18)12-20(16)14(3)17-10-13(2)21-15(17)4/h10,14,16,19H,5-9,11-12H2,1-4H3. The van der Waals surface area contributed by atoms with Crippen LogP contribution in [0.2, 0.25) is 0 Å². The van der Waals surface area contributed by atoms with Crippen molar-refractivity contribution >= 4 is 0 Å². The summed E-state index contributed by atoms with van der Waals surface area (Å²) in [5, 5.41) is 3.89. The predicted molar refractivity (Wildman–Crippen MR) is 86.6 cm³/mol. The van der Waals surface area contributed by atoms with Gasteiger partial charge in [-0.25, -0.2) is 0 Å². The minimum absolute atomic E-state index is 0.382. The lowest BCUT2D eigenvalue weighted by Crippen LogP contribution is -2.63. The van der Waals surface area contributed by atoms with Crippen LogP contribution in [0, 0.1) is 13.8 Å². The van der Waals surface area contributed by atoms with E-state index in [1.807, 2.05) is 0 Å². The molecule has 1 aromatic heterocycles. The van der Waals surface area contributed by atoms with E-state index in [0.717, 1.165) is 18.1 Å². The summed E-state index contributed by atoms with van der Waals surface area (Å²) in [6, 6.07) is 3.32. The molecule has 1 aliphatic heterocycles. The fraction of sp³-hybridized carbons (Fsp3) is 0.778. The van der Waals surface area contributed by atoms with Gasteiger partial charge in [0, 0.05) is 36.3 Å². The van der Waals surface area contributed by atoms with Crippen molar-refractivity contribution in [3.8, 4) is 0 Å². The van der Waals surface area contributed by atoms with E-state index in [-0.39, 0.29) is 0 Å². The maximum absolute atomic E-state index is 5.77. The topological polar surface area (TPSA) is 28.4 Å². The molecule has 3 rings (SSSR count). The Morgan fingerprint density at radius 1 is 1.38 bits per heavy atom. The molecule has 1 saturated heterocycles. The molecule has 118 valence electrons. The summed E-state index contributed by atoms with van der Waals surface area (Å²) < 4.78 is 5.77. The van der Waals surface area contributed by atoms with Crippen LogP contribution in [0.15, 0.2) is 10.5 Å². The monoisotopic (exact) mass is 290 g/mol. The first-order chi connectivity index (χ1) is 10.0. The van der Waals surface area contributed by atoms with Crippen molar-refractivity contribution in [3.05, 3.63) is 23.2 Å². The number of hydrogen-bond acceptors (Lipinski definition) is 3. The molecular formula is C18H30N2O. The summed E-state index contributed by atoms with van der Waals surface area (Å²) in [7, 11) is 0. The van der Waals surface area contributed by atoms with Gasteiger partial charge in [0.25, 0.3) is 0 Å². The highest BCUT2D eigenvalue weighted by atomic mass is 16.3. The van der Waals surface area contributed by atoms with Crippen LogP contribution in [-0.4, -0.2) is 29.6 Å². The number of hydrogen-bond donors (Lipinski definition) is 1. The second-order valence-electron chi connectivity index (χ2n) is 7.15. The van der Waals surface area contributed by atoms with Crippen LogP contribution < -0.4 is 5.32 Å². The summed E-state index contributed by atoms with van der Waals surface area (Å²) in [6.45, 7) is 11.2. The highest BCUT2D eigenvalue weighted by Gasteiger charge is 2.42. The van der Waals surface area contributed by atoms with Crippen molar-refractivity contribution in [1.29, 1.82) is 0 Å². The molecule has 2 atom stereocenters. The molecule has 0 bridgehead atoms. The van der Waals surface area contributed by atoms with Crippen molar-refractivity contribution in [2.75, 3.05) is 13.1 Å². The predicted octanol–water partition coefficient (Wildman–Crippen LogP) is 3.95. The van der Waals surface area contributed by atoms with Crippen LogP contribution >= 0.6 is 0 Å². The molecule has 1 aromatic rings. The smallest absolute Gasteiger partial charge is 0.105 e. The van der Waals surface area contributed by atoms with Crippen molar-refractivity contribution in [2.24, 2.45) is 0 Å². The first-order valence-electron chi connectivity index (χ1n) is 8.62. The van der Waals surface area contributed by atoms with E-state index in [9.17, 15) is 0 Å². The minimum atomic E-state index is 0.382. The van der Waals surface area contributed by atoms with E-state index < -0.39 is 0 Å². The second-order valence-corrected chi connectivity index (χ2v) is 7.15. The number of nitrogens with zero attached hydrogens (tertiary/aromatic N) is 1. The van der Waals surface area contributed by atoms with Gasteiger partial charge in [-0.1, -0.05) is 19.8 Å². The summed E-state index contributed by atoms with van der Waals surface area (Å²) in [5.41, 5.74) is 1.76. The normalized spacial score (nSPS) is 27.3. The van der Waals surface area contributed by atoms with Crippen LogP contribution in [-0.2, 0) is 0 Å². The average molecular weight is 290 g/mol. The maximum atomic E-state index is 5.77. The summed E-state index contributed by atoms with van der Waals surface area (Å²) in [6.07, 6.45) is 6.67. The summed E-state index contributed by atoms with van der Waals surface area (Å²) in [4.78, 5) is 2.74. The zero-order valence-corrected chi connectivity index (χ0v) is 14.0. The molecule has 0 radical (unpaired) electrons. The number of furan rings is 1. The zero-order chi connectivity index (χ0) is 15.0. The first kappa shape index (κ1) is 15.1. The molecule has 0 amide bonds. The Kier molecular flexibility index (Phi) is 4.15. The van der Waals surface area contributed by atoms with Gasteiger partial charge < -0.3 is 9.73 Å². The largest absolute Gasteiger partial charge is 0.466 e. The number of rotatable bonds is 3. The Bertz CT molecular complexity index is 487. The molecule has 2 fully saturated rings. The van der Waals surface area contributed by atoms with E-state index in [2.05, 4.69) is 44.0 Å². The van der Waals surface area contributed by atoms with Gasteiger partial charge in [0.1, 0.15) is 11.5 Å². The van der Waals surface area contributed by atoms with Crippen molar-refractivity contribution in [1.82, 2.24) is 10.2 Å². The van der Waals surface area contributed by atoms with Crippen LogP contribution in [0.1, 0.15) is 69.1 Å². The Hall–Kier alpha value is -0.800. The third-order valence-electron chi connectivity index (χ3n) is 5.73. The molecule has 0 aromatic carbocycles. The molecule has 3 heteroatoms. The van der Waals surface area contributed by atoms with Crippen molar-refractivity contribution in [3.63, 3.8) is 0 Å². The molecule has 2 aliphatic rings. The minimum Gasteiger partial charge on any atom is -0.466 e. The maximum Gasteiger partial charge on any atom is 0.105 e. The number of aryl methyl sites for hydroxylation is 2. The quantitative estimate of drug-likeness (QED) is 0.913. The van der Waals surface area contributed by atoms with Gasteiger partial charge in [0.05, 0.1) is 0 Å². The molecular weight excluding hydrogens is 260 g/mol. The van der Waals surface area contributed by atoms with Gasteiger partial charge in [-0.3, -0.25) is 4.90 Å². The number of nitrogens with one attached hydrogen (secondary N) is 1. The molecule has 3 nitrogen and oxygen atoms in total. The molecule has 2 heterocycles. The Morgan fingerprint density at radius 2 is 2.10 bits per heavy atom. The van der Waals surface area contributed by atoms with Crippen LogP contribution in [0.25, 0.3) is 0 Å². The van der Waals surface area contributed by atoms with Crippen molar-refractivity contribution < 1.29 is 4.42 Å². The Morgan fingerprint density at radius 3 is 2.67 bits per heavy atom. The van der Waals surface area contributed by atoms with Gasteiger partial charge in [0.2, 0.25) is 0 Å². The van der Waals surface area contributed by atoms with E-state index in [1.165, 1.54) is 44.2 Å². The fourth-order valence-corrected chi connectivity index (χ4v) is 4.45. The van der Waals surface area contributed by atoms with Crippen LogP contribution in [0.4, 0.5) is 0 Å². The first-order valence-corrected chi connectivity index (χ1v) is 8.62. The van der Waals surface area contributed by atoms with Gasteiger partial charge in [-0.2, -0.15) is 0 Å².